The van der Waals surface area contributed by atoms with E-state index in [4.69, 9.17) is 4.74 Å². The van der Waals surface area contributed by atoms with Crippen LogP contribution < -0.4 is 10.0 Å². The predicted octanol–water partition coefficient (Wildman–Crippen LogP) is 3.28. The van der Waals surface area contributed by atoms with Crippen LogP contribution in [0.2, 0.25) is 0 Å². The number of esters is 1. The summed E-state index contributed by atoms with van der Waals surface area (Å²) in [6.45, 7) is 1.88. The van der Waals surface area contributed by atoms with Crippen LogP contribution in [0.3, 0.4) is 0 Å². The van der Waals surface area contributed by atoms with Crippen molar-refractivity contribution >= 4 is 21.7 Å². The highest BCUT2D eigenvalue weighted by atomic mass is 32.2. The highest BCUT2D eigenvalue weighted by Crippen LogP contribution is 2.37. The molecule has 1 heterocycles. The summed E-state index contributed by atoms with van der Waals surface area (Å²) in [5.74, 6) is -0.526. The standard InChI is InChI=1S/C17H15F3N2O4S/c1-2-26-16(23)11-5-3-10(4-6-11)15-21-13-9-12(17(18,19)20)7-8-14(13)27(24,25)22-15/h3-9,15,21-22H,2H2,1H3. The summed E-state index contributed by atoms with van der Waals surface area (Å²) in [5, 5.41) is 2.75. The fourth-order valence-corrected chi connectivity index (χ4v) is 3.92. The predicted molar refractivity (Wildman–Crippen MR) is 90.5 cm³/mol. The van der Waals surface area contributed by atoms with Crippen molar-refractivity contribution in [3.05, 3.63) is 59.2 Å². The summed E-state index contributed by atoms with van der Waals surface area (Å²) < 4.78 is 70.7. The van der Waals surface area contributed by atoms with E-state index in [9.17, 15) is 26.4 Å². The Hall–Kier alpha value is -2.59. The van der Waals surface area contributed by atoms with Crippen LogP contribution in [0.4, 0.5) is 18.9 Å². The van der Waals surface area contributed by atoms with Gasteiger partial charge in [0.2, 0.25) is 10.0 Å². The summed E-state index contributed by atoms with van der Waals surface area (Å²) >= 11 is 0. The molecular formula is C17H15F3N2O4S. The Morgan fingerprint density at radius 1 is 1.15 bits per heavy atom. The van der Waals surface area contributed by atoms with Gasteiger partial charge in [-0.2, -0.15) is 17.9 Å². The molecule has 0 amide bonds. The van der Waals surface area contributed by atoms with Crippen LogP contribution in [0.1, 0.15) is 34.6 Å². The average molecular weight is 400 g/mol. The fraction of sp³-hybridized carbons (Fsp3) is 0.235. The minimum Gasteiger partial charge on any atom is -0.462 e. The van der Waals surface area contributed by atoms with Gasteiger partial charge in [0.1, 0.15) is 11.1 Å². The normalized spacial score (nSPS) is 18.3. The van der Waals surface area contributed by atoms with E-state index in [1.54, 1.807) is 6.92 Å². The quantitative estimate of drug-likeness (QED) is 0.773. The number of rotatable bonds is 3. The van der Waals surface area contributed by atoms with Crippen molar-refractivity contribution in [2.75, 3.05) is 11.9 Å². The van der Waals surface area contributed by atoms with Crippen LogP contribution in [0.15, 0.2) is 47.4 Å². The molecule has 0 aliphatic carbocycles. The number of fused-ring (bicyclic) bond motifs is 1. The Labute approximate surface area is 153 Å². The molecule has 3 rings (SSSR count). The molecule has 1 unspecified atom stereocenters. The number of hydrogen-bond acceptors (Lipinski definition) is 5. The molecule has 1 aliphatic heterocycles. The van der Waals surface area contributed by atoms with E-state index in [0.29, 0.717) is 11.6 Å². The summed E-state index contributed by atoms with van der Waals surface area (Å²) in [6, 6.07) is 8.27. The van der Waals surface area contributed by atoms with E-state index in [-0.39, 0.29) is 22.8 Å². The van der Waals surface area contributed by atoms with Gasteiger partial charge >= 0.3 is 12.1 Å². The minimum atomic E-state index is -4.60. The first-order valence-corrected chi connectivity index (χ1v) is 9.37. The highest BCUT2D eigenvalue weighted by molar-refractivity contribution is 7.89. The zero-order valence-electron chi connectivity index (χ0n) is 14.0. The Bertz CT molecular complexity index is 973. The third-order valence-corrected chi connectivity index (χ3v) is 5.41. The number of halogens is 3. The number of hydrogen-bond donors (Lipinski definition) is 2. The molecule has 6 nitrogen and oxygen atoms in total. The second-order valence-corrected chi connectivity index (χ2v) is 7.43. The molecule has 27 heavy (non-hydrogen) atoms. The van der Waals surface area contributed by atoms with Gasteiger partial charge in [0.15, 0.2) is 0 Å². The van der Waals surface area contributed by atoms with E-state index >= 15 is 0 Å². The van der Waals surface area contributed by atoms with Crippen molar-refractivity contribution in [1.82, 2.24) is 4.72 Å². The molecule has 1 aliphatic rings. The molecule has 10 heteroatoms. The Kier molecular flexibility index (Phi) is 4.87. The molecule has 0 fully saturated rings. The van der Waals surface area contributed by atoms with Gasteiger partial charge < -0.3 is 10.1 Å². The van der Waals surface area contributed by atoms with Gasteiger partial charge in [-0.25, -0.2) is 13.2 Å². The molecule has 2 aromatic carbocycles. The first-order chi connectivity index (χ1) is 12.6. The van der Waals surface area contributed by atoms with Gasteiger partial charge in [0.05, 0.1) is 23.4 Å². The lowest BCUT2D eigenvalue weighted by atomic mass is 10.1. The number of nitrogens with one attached hydrogen (secondary N) is 2. The van der Waals surface area contributed by atoms with E-state index in [0.717, 1.165) is 12.1 Å². The maximum Gasteiger partial charge on any atom is 0.416 e. The van der Waals surface area contributed by atoms with Crippen LogP contribution in [0, 0.1) is 0 Å². The lowest BCUT2D eigenvalue weighted by Gasteiger charge is -2.29. The maximum absolute atomic E-state index is 12.9. The first-order valence-electron chi connectivity index (χ1n) is 7.89. The zero-order chi connectivity index (χ0) is 19.8. The summed E-state index contributed by atoms with van der Waals surface area (Å²) in [4.78, 5) is 11.4. The van der Waals surface area contributed by atoms with Gasteiger partial charge in [-0.3, -0.25) is 0 Å². The Balaban J connectivity index is 1.93. The van der Waals surface area contributed by atoms with E-state index in [1.807, 2.05) is 0 Å². The lowest BCUT2D eigenvalue weighted by molar-refractivity contribution is -0.137. The molecule has 0 spiro atoms. The molecule has 0 saturated carbocycles. The molecule has 0 radical (unpaired) electrons. The van der Waals surface area contributed by atoms with Gasteiger partial charge in [0.25, 0.3) is 0 Å². The number of alkyl halides is 3. The smallest absolute Gasteiger partial charge is 0.416 e. The van der Waals surface area contributed by atoms with Crippen LogP contribution in [0.25, 0.3) is 0 Å². The lowest BCUT2D eigenvalue weighted by Crippen LogP contribution is -2.38. The monoisotopic (exact) mass is 400 g/mol. The zero-order valence-corrected chi connectivity index (χ0v) is 14.8. The average Bonchev–Trinajstić information content (AvgIpc) is 2.60. The maximum atomic E-state index is 12.9. The van der Waals surface area contributed by atoms with Crippen LogP contribution in [0.5, 0.6) is 0 Å². The minimum absolute atomic E-state index is 0.150. The Morgan fingerprint density at radius 2 is 1.81 bits per heavy atom. The number of sulfonamides is 1. The van der Waals surface area contributed by atoms with Gasteiger partial charge in [-0.05, 0) is 42.8 Å². The van der Waals surface area contributed by atoms with E-state index in [1.165, 1.54) is 24.3 Å². The number of ether oxygens (including phenoxy) is 1. The molecule has 2 aromatic rings. The van der Waals surface area contributed by atoms with Crippen LogP contribution in [-0.4, -0.2) is 21.0 Å². The molecule has 0 saturated heterocycles. The number of anilines is 1. The summed E-state index contributed by atoms with van der Waals surface area (Å²) in [6.07, 6.45) is -5.58. The molecule has 0 bridgehead atoms. The van der Waals surface area contributed by atoms with Gasteiger partial charge in [-0.1, -0.05) is 12.1 Å². The van der Waals surface area contributed by atoms with Crippen molar-refractivity contribution in [3.63, 3.8) is 0 Å². The van der Waals surface area contributed by atoms with Crippen molar-refractivity contribution in [2.45, 2.75) is 24.2 Å². The van der Waals surface area contributed by atoms with Crippen molar-refractivity contribution in [1.29, 1.82) is 0 Å². The summed E-state index contributed by atoms with van der Waals surface area (Å²) in [7, 11) is -4.01. The Morgan fingerprint density at radius 3 is 2.41 bits per heavy atom. The number of carbonyl (C=O) groups is 1. The molecule has 2 N–H and O–H groups in total. The second-order valence-electron chi connectivity index (χ2n) is 5.75. The van der Waals surface area contributed by atoms with Crippen LogP contribution >= 0.6 is 0 Å². The first kappa shape index (κ1) is 19.2. The second kappa shape index (κ2) is 6.86. The van der Waals surface area contributed by atoms with Gasteiger partial charge in [-0.15, -0.1) is 0 Å². The van der Waals surface area contributed by atoms with Crippen LogP contribution in [-0.2, 0) is 20.9 Å². The summed E-state index contributed by atoms with van der Waals surface area (Å²) in [5.41, 5.74) is -0.404. The van der Waals surface area contributed by atoms with Crippen molar-refractivity contribution in [3.8, 4) is 0 Å². The van der Waals surface area contributed by atoms with Crippen molar-refractivity contribution < 1.29 is 31.1 Å². The third kappa shape index (κ3) is 3.91. The molecule has 1 atom stereocenters. The van der Waals surface area contributed by atoms with Gasteiger partial charge in [0, 0.05) is 0 Å². The molecular weight excluding hydrogens is 385 g/mol. The molecule has 0 aromatic heterocycles. The largest absolute Gasteiger partial charge is 0.462 e. The SMILES string of the molecule is CCOC(=O)c1ccc(C2Nc3cc(C(F)(F)F)ccc3S(=O)(=O)N2)cc1. The number of benzene rings is 2. The van der Waals surface area contributed by atoms with E-state index < -0.39 is 33.9 Å². The molecule has 144 valence electrons. The van der Waals surface area contributed by atoms with Crippen molar-refractivity contribution in [2.24, 2.45) is 0 Å². The number of carbonyl (C=O) groups excluding carboxylic acids is 1. The fourth-order valence-electron chi connectivity index (χ4n) is 2.63. The topological polar surface area (TPSA) is 84.5 Å². The third-order valence-electron chi connectivity index (χ3n) is 3.92. The highest BCUT2D eigenvalue weighted by Gasteiger charge is 2.35. The van der Waals surface area contributed by atoms with E-state index in [2.05, 4.69) is 10.0 Å².